The zero-order valence-electron chi connectivity index (χ0n) is 18.7. The van der Waals surface area contributed by atoms with Crippen molar-refractivity contribution in [2.45, 2.75) is 33.2 Å². The van der Waals surface area contributed by atoms with E-state index in [4.69, 9.17) is 18.9 Å². The van der Waals surface area contributed by atoms with Gasteiger partial charge in [0.1, 0.15) is 18.1 Å². The van der Waals surface area contributed by atoms with E-state index in [1.807, 2.05) is 62.1 Å². The number of methoxy groups -OCH3 is 3. The van der Waals surface area contributed by atoms with Gasteiger partial charge in [0.05, 0.1) is 27.4 Å². The number of fused-ring (bicyclic) bond motifs is 1. The van der Waals surface area contributed by atoms with Gasteiger partial charge in [0.25, 0.3) is 0 Å². The van der Waals surface area contributed by atoms with Gasteiger partial charge in [-0.15, -0.1) is 0 Å². The van der Waals surface area contributed by atoms with Gasteiger partial charge in [0.2, 0.25) is 5.91 Å². The Labute approximate surface area is 178 Å². The Bertz CT molecular complexity index is 886. The van der Waals surface area contributed by atoms with Gasteiger partial charge in [-0.2, -0.15) is 0 Å². The average Bonchev–Trinajstić information content (AvgIpc) is 2.75. The summed E-state index contributed by atoms with van der Waals surface area (Å²) in [6.45, 7) is 6.81. The highest BCUT2D eigenvalue weighted by molar-refractivity contribution is 5.82. The molecule has 0 N–H and O–H groups in total. The minimum absolute atomic E-state index is 0.103. The van der Waals surface area contributed by atoms with Crippen LogP contribution in [0.2, 0.25) is 0 Å². The van der Waals surface area contributed by atoms with Crippen molar-refractivity contribution >= 4 is 5.91 Å². The van der Waals surface area contributed by atoms with Gasteiger partial charge in [-0.3, -0.25) is 4.79 Å². The monoisotopic (exact) mass is 413 g/mol. The van der Waals surface area contributed by atoms with Crippen molar-refractivity contribution in [1.29, 1.82) is 0 Å². The maximum absolute atomic E-state index is 13.2. The van der Waals surface area contributed by atoms with Gasteiger partial charge >= 0.3 is 0 Å². The SMILES string of the molecule is COc1ccc(OC[C@H]2c3cc(OC)c(OC)cc3CCN2C(=O)C(C)(C)C)cc1. The summed E-state index contributed by atoms with van der Waals surface area (Å²) in [5.74, 6) is 2.95. The molecule has 6 nitrogen and oxygen atoms in total. The highest BCUT2D eigenvalue weighted by atomic mass is 16.5. The van der Waals surface area contributed by atoms with Gasteiger partial charge in [-0.05, 0) is 53.9 Å². The van der Waals surface area contributed by atoms with Gasteiger partial charge in [-0.1, -0.05) is 20.8 Å². The van der Waals surface area contributed by atoms with Crippen molar-refractivity contribution in [2.24, 2.45) is 5.41 Å². The molecule has 0 fully saturated rings. The van der Waals surface area contributed by atoms with Gasteiger partial charge in [0, 0.05) is 12.0 Å². The predicted octanol–water partition coefficient (Wildman–Crippen LogP) is 4.26. The molecule has 0 saturated carbocycles. The van der Waals surface area contributed by atoms with Gasteiger partial charge in [0.15, 0.2) is 11.5 Å². The number of amides is 1. The summed E-state index contributed by atoms with van der Waals surface area (Å²) in [6.07, 6.45) is 0.760. The second kappa shape index (κ2) is 8.86. The fraction of sp³-hybridized carbons (Fsp3) is 0.458. The van der Waals surface area contributed by atoms with E-state index in [1.165, 1.54) is 0 Å². The Hall–Kier alpha value is -2.89. The molecular formula is C24H31NO5. The molecule has 162 valence electrons. The minimum atomic E-state index is -0.480. The molecule has 1 atom stereocenters. The summed E-state index contributed by atoms with van der Waals surface area (Å²) in [5, 5.41) is 0. The molecule has 1 aliphatic rings. The van der Waals surface area contributed by atoms with Gasteiger partial charge in [-0.25, -0.2) is 0 Å². The van der Waals surface area contributed by atoms with Crippen LogP contribution in [0.5, 0.6) is 23.0 Å². The fourth-order valence-electron chi connectivity index (χ4n) is 3.73. The lowest BCUT2D eigenvalue weighted by Crippen LogP contribution is -2.47. The third-order valence-corrected chi connectivity index (χ3v) is 5.37. The first-order valence-corrected chi connectivity index (χ1v) is 10.1. The van der Waals surface area contributed by atoms with E-state index in [1.54, 1.807) is 21.3 Å². The molecule has 6 heteroatoms. The Morgan fingerprint density at radius 2 is 1.57 bits per heavy atom. The Morgan fingerprint density at radius 1 is 0.967 bits per heavy atom. The smallest absolute Gasteiger partial charge is 0.228 e. The number of carbonyl (C=O) groups is 1. The number of nitrogens with zero attached hydrogens (tertiary/aromatic N) is 1. The molecule has 2 aromatic rings. The summed E-state index contributed by atoms with van der Waals surface area (Å²) in [4.78, 5) is 15.1. The first kappa shape index (κ1) is 21.8. The molecule has 0 saturated heterocycles. The van der Waals surface area contributed by atoms with Crippen LogP contribution >= 0.6 is 0 Å². The quantitative estimate of drug-likeness (QED) is 0.708. The third-order valence-electron chi connectivity index (χ3n) is 5.37. The maximum atomic E-state index is 13.2. The number of carbonyl (C=O) groups excluding carboxylic acids is 1. The molecule has 1 aliphatic heterocycles. The Balaban J connectivity index is 1.95. The number of hydrogen-bond donors (Lipinski definition) is 0. The van der Waals surface area contributed by atoms with Crippen LogP contribution in [0.25, 0.3) is 0 Å². The second-order valence-corrected chi connectivity index (χ2v) is 8.41. The molecule has 0 aromatic heterocycles. The van der Waals surface area contributed by atoms with Crippen molar-refractivity contribution in [3.63, 3.8) is 0 Å². The van der Waals surface area contributed by atoms with E-state index >= 15 is 0 Å². The van der Waals surface area contributed by atoms with Crippen LogP contribution in [0.3, 0.4) is 0 Å². The van der Waals surface area contributed by atoms with Gasteiger partial charge < -0.3 is 23.8 Å². The topological polar surface area (TPSA) is 57.2 Å². The zero-order valence-corrected chi connectivity index (χ0v) is 18.7. The number of benzene rings is 2. The lowest BCUT2D eigenvalue weighted by molar-refractivity contribution is -0.143. The molecule has 1 amide bonds. The van der Waals surface area contributed by atoms with Crippen LogP contribution in [0.1, 0.15) is 37.9 Å². The van der Waals surface area contributed by atoms with Crippen LogP contribution in [-0.4, -0.2) is 45.3 Å². The van der Waals surface area contributed by atoms with Crippen molar-refractivity contribution in [1.82, 2.24) is 4.90 Å². The number of ether oxygens (including phenoxy) is 4. The Kier molecular flexibility index (Phi) is 6.44. The molecule has 0 radical (unpaired) electrons. The van der Waals surface area contributed by atoms with Crippen molar-refractivity contribution in [3.8, 4) is 23.0 Å². The fourth-order valence-corrected chi connectivity index (χ4v) is 3.73. The second-order valence-electron chi connectivity index (χ2n) is 8.41. The van der Waals surface area contributed by atoms with Crippen molar-refractivity contribution in [2.75, 3.05) is 34.5 Å². The molecule has 1 heterocycles. The van der Waals surface area contributed by atoms with Crippen LogP contribution in [0.4, 0.5) is 0 Å². The Morgan fingerprint density at radius 3 is 2.13 bits per heavy atom. The van der Waals surface area contributed by atoms with Crippen LogP contribution in [0.15, 0.2) is 36.4 Å². The first-order valence-electron chi connectivity index (χ1n) is 10.1. The van der Waals surface area contributed by atoms with E-state index < -0.39 is 5.41 Å². The summed E-state index contributed by atoms with van der Waals surface area (Å²) in [7, 11) is 4.88. The molecule has 3 rings (SSSR count). The minimum Gasteiger partial charge on any atom is -0.497 e. The highest BCUT2D eigenvalue weighted by Gasteiger charge is 2.37. The van der Waals surface area contributed by atoms with Crippen molar-refractivity contribution < 1.29 is 23.7 Å². The molecular weight excluding hydrogens is 382 g/mol. The van der Waals surface area contributed by atoms with E-state index in [2.05, 4.69) is 0 Å². The van der Waals surface area contributed by atoms with Crippen LogP contribution in [-0.2, 0) is 11.2 Å². The molecule has 2 aromatic carbocycles. The first-order chi connectivity index (χ1) is 14.3. The standard InChI is InChI=1S/C24H31NO5/c1-24(2,3)23(26)25-12-11-16-13-21(28-5)22(29-6)14-19(16)20(25)15-30-18-9-7-17(27-4)8-10-18/h7-10,13-14,20H,11-12,15H2,1-6H3/t20-/m0/s1. The molecule has 0 unspecified atom stereocenters. The molecule has 30 heavy (non-hydrogen) atoms. The molecule has 0 aliphatic carbocycles. The van der Waals surface area contributed by atoms with E-state index in [-0.39, 0.29) is 11.9 Å². The third kappa shape index (κ3) is 4.48. The lowest BCUT2D eigenvalue weighted by Gasteiger charge is -2.40. The van der Waals surface area contributed by atoms with Crippen molar-refractivity contribution in [3.05, 3.63) is 47.5 Å². The highest BCUT2D eigenvalue weighted by Crippen LogP contribution is 2.39. The normalized spacial score (nSPS) is 15.9. The summed E-state index contributed by atoms with van der Waals surface area (Å²) >= 11 is 0. The molecule has 0 bridgehead atoms. The lowest BCUT2D eigenvalue weighted by atomic mass is 9.88. The summed E-state index contributed by atoms with van der Waals surface area (Å²) in [5.41, 5.74) is 1.70. The molecule has 0 spiro atoms. The average molecular weight is 414 g/mol. The summed E-state index contributed by atoms with van der Waals surface area (Å²) in [6, 6.07) is 11.2. The zero-order chi connectivity index (χ0) is 21.9. The largest absolute Gasteiger partial charge is 0.497 e. The number of rotatable bonds is 6. The maximum Gasteiger partial charge on any atom is 0.228 e. The van der Waals surface area contributed by atoms with Crippen LogP contribution in [0, 0.1) is 5.41 Å². The van der Waals surface area contributed by atoms with E-state index in [9.17, 15) is 4.79 Å². The van der Waals surface area contributed by atoms with Crippen LogP contribution < -0.4 is 18.9 Å². The van der Waals surface area contributed by atoms with E-state index in [0.29, 0.717) is 24.7 Å². The summed E-state index contributed by atoms with van der Waals surface area (Å²) < 4.78 is 22.3. The predicted molar refractivity (Wildman–Crippen MR) is 116 cm³/mol. The van der Waals surface area contributed by atoms with E-state index in [0.717, 1.165) is 29.0 Å². The number of hydrogen-bond acceptors (Lipinski definition) is 5.